The summed E-state index contributed by atoms with van der Waals surface area (Å²) in [6, 6.07) is 0.352. The summed E-state index contributed by atoms with van der Waals surface area (Å²) >= 11 is 0. The van der Waals surface area contributed by atoms with Gasteiger partial charge >= 0.3 is 0 Å². The highest BCUT2D eigenvalue weighted by Crippen LogP contribution is 2.27. The molecule has 2 rings (SSSR count). The van der Waals surface area contributed by atoms with Gasteiger partial charge in [0.25, 0.3) is 0 Å². The van der Waals surface area contributed by atoms with Gasteiger partial charge in [-0.1, -0.05) is 0 Å². The molecule has 1 atom stereocenters. The lowest BCUT2D eigenvalue weighted by Crippen LogP contribution is -2.42. The molecule has 18 heavy (non-hydrogen) atoms. The van der Waals surface area contributed by atoms with E-state index in [1.165, 1.54) is 0 Å². The number of aliphatic hydroxyl groups is 1. The minimum Gasteiger partial charge on any atom is -0.396 e. The van der Waals surface area contributed by atoms with Gasteiger partial charge in [-0.05, 0) is 50.4 Å². The molecule has 0 bridgehead atoms. The Morgan fingerprint density at radius 1 is 1.17 bits per heavy atom. The molecule has 1 saturated heterocycles. The summed E-state index contributed by atoms with van der Waals surface area (Å²) in [5, 5.41) is 9.19. The van der Waals surface area contributed by atoms with Crippen molar-refractivity contribution in [3.05, 3.63) is 0 Å². The summed E-state index contributed by atoms with van der Waals surface area (Å²) in [5.41, 5.74) is 5.88. The molecule has 0 radical (unpaired) electrons. The first-order valence-electron chi connectivity index (χ1n) is 7.33. The maximum Gasteiger partial charge on any atom is 0.222 e. The third-order valence-electron chi connectivity index (χ3n) is 4.48. The lowest BCUT2D eigenvalue weighted by atomic mass is 9.84. The van der Waals surface area contributed by atoms with Crippen LogP contribution in [-0.4, -0.2) is 41.7 Å². The fourth-order valence-electron chi connectivity index (χ4n) is 3.21. The molecule has 0 spiro atoms. The SMILES string of the molecule is NC1CCC(CC(=O)N2CCCC(CO)C2)CC1. The van der Waals surface area contributed by atoms with E-state index in [2.05, 4.69) is 0 Å². The van der Waals surface area contributed by atoms with Gasteiger partial charge in [0.05, 0.1) is 0 Å². The number of amides is 1. The fraction of sp³-hybridized carbons (Fsp3) is 0.929. The highest BCUT2D eigenvalue weighted by molar-refractivity contribution is 5.76. The molecule has 1 heterocycles. The van der Waals surface area contributed by atoms with Crippen LogP contribution in [0, 0.1) is 11.8 Å². The van der Waals surface area contributed by atoms with E-state index in [4.69, 9.17) is 5.73 Å². The summed E-state index contributed by atoms with van der Waals surface area (Å²) < 4.78 is 0. The number of nitrogens with two attached hydrogens (primary N) is 1. The molecule has 1 aliphatic carbocycles. The van der Waals surface area contributed by atoms with Gasteiger partial charge in [0, 0.05) is 32.2 Å². The van der Waals surface area contributed by atoms with E-state index in [9.17, 15) is 9.90 Å². The number of hydrogen-bond acceptors (Lipinski definition) is 3. The molecule has 0 aromatic rings. The molecule has 1 saturated carbocycles. The Labute approximate surface area is 110 Å². The van der Waals surface area contributed by atoms with Gasteiger partial charge in [-0.3, -0.25) is 4.79 Å². The molecule has 0 aromatic carbocycles. The third kappa shape index (κ3) is 3.69. The van der Waals surface area contributed by atoms with Crippen molar-refractivity contribution in [2.45, 2.75) is 51.0 Å². The fourth-order valence-corrected chi connectivity index (χ4v) is 3.21. The van der Waals surface area contributed by atoms with Crippen LogP contribution in [0.25, 0.3) is 0 Å². The van der Waals surface area contributed by atoms with Crippen LogP contribution < -0.4 is 5.73 Å². The zero-order valence-electron chi connectivity index (χ0n) is 11.2. The first kappa shape index (κ1) is 13.8. The predicted molar refractivity (Wildman–Crippen MR) is 70.9 cm³/mol. The topological polar surface area (TPSA) is 66.6 Å². The van der Waals surface area contributed by atoms with Crippen molar-refractivity contribution in [2.75, 3.05) is 19.7 Å². The van der Waals surface area contributed by atoms with E-state index in [1.54, 1.807) is 0 Å². The lowest BCUT2D eigenvalue weighted by molar-refractivity contribution is -0.134. The minimum absolute atomic E-state index is 0.210. The monoisotopic (exact) mass is 254 g/mol. The lowest BCUT2D eigenvalue weighted by Gasteiger charge is -2.34. The van der Waals surface area contributed by atoms with Crippen molar-refractivity contribution >= 4 is 5.91 Å². The van der Waals surface area contributed by atoms with E-state index in [0.29, 0.717) is 24.3 Å². The van der Waals surface area contributed by atoms with Gasteiger partial charge in [-0.15, -0.1) is 0 Å². The quantitative estimate of drug-likeness (QED) is 0.793. The van der Waals surface area contributed by atoms with E-state index < -0.39 is 0 Å². The second-order valence-electron chi connectivity index (χ2n) is 6.02. The Morgan fingerprint density at radius 3 is 2.56 bits per heavy atom. The van der Waals surface area contributed by atoms with Crippen molar-refractivity contribution < 1.29 is 9.90 Å². The zero-order chi connectivity index (χ0) is 13.0. The Hall–Kier alpha value is -0.610. The van der Waals surface area contributed by atoms with Crippen LogP contribution >= 0.6 is 0 Å². The maximum atomic E-state index is 12.2. The molecule has 1 unspecified atom stereocenters. The van der Waals surface area contributed by atoms with Gasteiger partial charge in [0.15, 0.2) is 0 Å². The number of carbonyl (C=O) groups is 1. The second kappa shape index (κ2) is 6.53. The van der Waals surface area contributed by atoms with Crippen molar-refractivity contribution in [1.29, 1.82) is 0 Å². The standard InChI is InChI=1S/C14H26N2O2/c15-13-5-3-11(4-6-13)8-14(18)16-7-1-2-12(9-16)10-17/h11-13,17H,1-10,15H2. The molecule has 3 N–H and O–H groups in total. The highest BCUT2D eigenvalue weighted by Gasteiger charge is 2.26. The number of rotatable bonds is 3. The molecule has 0 aromatic heterocycles. The van der Waals surface area contributed by atoms with Crippen LogP contribution in [0.1, 0.15) is 44.9 Å². The number of aliphatic hydroxyl groups excluding tert-OH is 1. The summed E-state index contributed by atoms with van der Waals surface area (Å²) in [4.78, 5) is 14.2. The Balaban J connectivity index is 1.77. The largest absolute Gasteiger partial charge is 0.396 e. The minimum atomic E-state index is 0.210. The van der Waals surface area contributed by atoms with Gasteiger partial charge in [0.1, 0.15) is 0 Å². The van der Waals surface area contributed by atoms with Crippen LogP contribution in [0.3, 0.4) is 0 Å². The second-order valence-corrected chi connectivity index (χ2v) is 6.02. The molecule has 1 amide bonds. The van der Waals surface area contributed by atoms with Gasteiger partial charge in [-0.25, -0.2) is 0 Å². The van der Waals surface area contributed by atoms with Crippen LogP contribution in [0.2, 0.25) is 0 Å². The molecular weight excluding hydrogens is 228 g/mol. The number of piperidine rings is 1. The first-order valence-corrected chi connectivity index (χ1v) is 7.33. The van der Waals surface area contributed by atoms with Crippen LogP contribution in [0.15, 0.2) is 0 Å². The van der Waals surface area contributed by atoms with Gasteiger partial charge in [0.2, 0.25) is 5.91 Å². The van der Waals surface area contributed by atoms with Crippen LogP contribution in [0.5, 0.6) is 0 Å². The van der Waals surface area contributed by atoms with E-state index in [1.807, 2.05) is 4.90 Å². The third-order valence-corrected chi connectivity index (χ3v) is 4.48. The van der Waals surface area contributed by atoms with E-state index in [0.717, 1.165) is 51.6 Å². The predicted octanol–water partition coefficient (Wildman–Crippen LogP) is 1.12. The summed E-state index contributed by atoms with van der Waals surface area (Å²) in [6.45, 7) is 1.84. The van der Waals surface area contributed by atoms with Crippen molar-refractivity contribution in [3.63, 3.8) is 0 Å². The maximum absolute atomic E-state index is 12.2. The average Bonchev–Trinajstić information content (AvgIpc) is 2.41. The molecule has 2 fully saturated rings. The Kier molecular flexibility index (Phi) is 5.01. The van der Waals surface area contributed by atoms with Crippen molar-refractivity contribution in [1.82, 2.24) is 4.90 Å². The molecule has 4 heteroatoms. The molecule has 104 valence electrons. The normalized spacial score (nSPS) is 33.4. The first-order chi connectivity index (χ1) is 8.69. The van der Waals surface area contributed by atoms with Crippen molar-refractivity contribution in [3.8, 4) is 0 Å². The van der Waals surface area contributed by atoms with Crippen LogP contribution in [0.4, 0.5) is 0 Å². The summed E-state index contributed by atoms with van der Waals surface area (Å²) in [5.74, 6) is 1.11. The summed E-state index contributed by atoms with van der Waals surface area (Å²) in [7, 11) is 0. The average molecular weight is 254 g/mol. The molecular formula is C14H26N2O2. The van der Waals surface area contributed by atoms with Gasteiger partial charge < -0.3 is 15.7 Å². The smallest absolute Gasteiger partial charge is 0.222 e. The molecule has 1 aliphatic heterocycles. The van der Waals surface area contributed by atoms with Gasteiger partial charge in [-0.2, -0.15) is 0 Å². The van der Waals surface area contributed by atoms with Crippen LogP contribution in [-0.2, 0) is 4.79 Å². The molecule has 2 aliphatic rings. The highest BCUT2D eigenvalue weighted by atomic mass is 16.3. The zero-order valence-corrected chi connectivity index (χ0v) is 11.2. The Morgan fingerprint density at radius 2 is 1.89 bits per heavy atom. The summed E-state index contributed by atoms with van der Waals surface area (Å²) in [6.07, 6.45) is 7.11. The number of hydrogen-bond donors (Lipinski definition) is 2. The van der Waals surface area contributed by atoms with E-state index >= 15 is 0 Å². The number of carbonyl (C=O) groups excluding carboxylic acids is 1. The molecule has 4 nitrogen and oxygen atoms in total. The van der Waals surface area contributed by atoms with Crippen molar-refractivity contribution in [2.24, 2.45) is 17.6 Å². The number of likely N-dealkylation sites (tertiary alicyclic amines) is 1. The Bertz CT molecular complexity index is 275. The number of nitrogens with zero attached hydrogens (tertiary/aromatic N) is 1. The van der Waals surface area contributed by atoms with E-state index in [-0.39, 0.29) is 12.5 Å².